The molecule has 1 aliphatic rings. The van der Waals surface area contributed by atoms with Crippen LogP contribution in [0.4, 0.5) is 4.39 Å². The Morgan fingerprint density at radius 3 is 2.83 bits per heavy atom. The minimum atomic E-state index is -0.485. The molecule has 96 valence electrons. The van der Waals surface area contributed by atoms with Crippen LogP contribution >= 0.6 is 11.6 Å². The first-order valence-electron chi connectivity index (χ1n) is 5.66. The number of carbonyl (C=O) groups is 1. The number of aliphatic hydroxyl groups is 1. The second-order valence-corrected chi connectivity index (χ2v) is 4.74. The second-order valence-electron chi connectivity index (χ2n) is 4.34. The summed E-state index contributed by atoms with van der Waals surface area (Å²) in [6, 6.07) is 4.29. The van der Waals surface area contributed by atoms with Crippen LogP contribution in [0.25, 0.3) is 6.08 Å². The standard InChI is InChI=1S/C13H13ClFNO2/c14-11-5-8(1-3-12(11)15)2-4-13(18)16-9-6-10(17)7-9/h1-5,9-10,17H,6-7H2,(H,16,18). The van der Waals surface area contributed by atoms with Gasteiger partial charge in [0.25, 0.3) is 0 Å². The van der Waals surface area contributed by atoms with Gasteiger partial charge in [0.2, 0.25) is 5.91 Å². The molecule has 0 atom stereocenters. The van der Waals surface area contributed by atoms with Gasteiger partial charge in [-0.25, -0.2) is 4.39 Å². The highest BCUT2D eigenvalue weighted by Gasteiger charge is 2.27. The van der Waals surface area contributed by atoms with Gasteiger partial charge in [0.1, 0.15) is 5.82 Å². The SMILES string of the molecule is O=C(C=Cc1ccc(F)c(Cl)c1)NC1CC(O)C1. The maximum atomic E-state index is 12.9. The van der Waals surface area contributed by atoms with E-state index in [1.165, 1.54) is 24.3 Å². The summed E-state index contributed by atoms with van der Waals surface area (Å²) in [5.41, 5.74) is 0.658. The van der Waals surface area contributed by atoms with Gasteiger partial charge >= 0.3 is 0 Å². The molecular formula is C13H13ClFNO2. The van der Waals surface area contributed by atoms with Crippen LogP contribution < -0.4 is 5.32 Å². The molecule has 0 aliphatic heterocycles. The van der Waals surface area contributed by atoms with Crippen molar-refractivity contribution in [3.8, 4) is 0 Å². The highest BCUT2D eigenvalue weighted by molar-refractivity contribution is 6.30. The van der Waals surface area contributed by atoms with Gasteiger partial charge in [-0.3, -0.25) is 4.79 Å². The Morgan fingerprint density at radius 2 is 2.22 bits per heavy atom. The summed E-state index contributed by atoms with van der Waals surface area (Å²) in [5, 5.41) is 11.9. The third kappa shape index (κ3) is 3.31. The number of carbonyl (C=O) groups excluding carboxylic acids is 1. The van der Waals surface area contributed by atoms with Crippen LogP contribution in [0.1, 0.15) is 18.4 Å². The molecule has 1 aromatic rings. The van der Waals surface area contributed by atoms with Crippen molar-refractivity contribution in [2.45, 2.75) is 25.0 Å². The van der Waals surface area contributed by atoms with Gasteiger partial charge in [0.05, 0.1) is 11.1 Å². The molecule has 18 heavy (non-hydrogen) atoms. The lowest BCUT2D eigenvalue weighted by atomic mass is 9.89. The van der Waals surface area contributed by atoms with Crippen molar-refractivity contribution in [1.29, 1.82) is 0 Å². The Bertz CT molecular complexity index is 484. The van der Waals surface area contributed by atoms with Gasteiger partial charge in [0, 0.05) is 12.1 Å². The monoisotopic (exact) mass is 269 g/mol. The topological polar surface area (TPSA) is 49.3 Å². The Kier molecular flexibility index (Phi) is 3.99. The van der Waals surface area contributed by atoms with E-state index in [0.717, 1.165) is 0 Å². The molecule has 0 heterocycles. The van der Waals surface area contributed by atoms with Gasteiger partial charge < -0.3 is 10.4 Å². The van der Waals surface area contributed by atoms with Crippen LogP contribution in [-0.2, 0) is 4.79 Å². The average Bonchev–Trinajstić information content (AvgIpc) is 2.29. The molecule has 1 fully saturated rings. The molecule has 0 aromatic heterocycles. The Morgan fingerprint density at radius 1 is 1.50 bits per heavy atom. The average molecular weight is 270 g/mol. The molecule has 1 saturated carbocycles. The predicted octanol–water partition coefficient (Wildman–Crippen LogP) is 2.13. The minimum Gasteiger partial charge on any atom is -0.393 e. The van der Waals surface area contributed by atoms with E-state index in [1.807, 2.05) is 0 Å². The largest absolute Gasteiger partial charge is 0.393 e. The minimum absolute atomic E-state index is 0.0275. The van der Waals surface area contributed by atoms with Gasteiger partial charge in [-0.15, -0.1) is 0 Å². The summed E-state index contributed by atoms with van der Waals surface area (Å²) in [7, 11) is 0. The molecule has 3 nitrogen and oxygen atoms in total. The van der Waals surface area contributed by atoms with Crippen LogP contribution in [0.2, 0.25) is 5.02 Å². The molecular weight excluding hydrogens is 257 g/mol. The Balaban J connectivity index is 1.89. The quantitative estimate of drug-likeness (QED) is 0.826. The van der Waals surface area contributed by atoms with E-state index >= 15 is 0 Å². The molecule has 0 bridgehead atoms. The highest BCUT2D eigenvalue weighted by atomic mass is 35.5. The molecule has 1 aliphatic carbocycles. The van der Waals surface area contributed by atoms with Crippen molar-refractivity contribution in [1.82, 2.24) is 5.32 Å². The van der Waals surface area contributed by atoms with Crippen molar-refractivity contribution >= 4 is 23.6 Å². The summed E-state index contributed by atoms with van der Waals surface area (Å²) in [5.74, 6) is -0.714. The van der Waals surface area contributed by atoms with Gasteiger partial charge in [-0.1, -0.05) is 17.7 Å². The van der Waals surface area contributed by atoms with E-state index < -0.39 is 5.82 Å². The van der Waals surface area contributed by atoms with Crippen molar-refractivity contribution in [3.05, 3.63) is 40.7 Å². The van der Waals surface area contributed by atoms with Gasteiger partial charge in [0.15, 0.2) is 0 Å². The number of amides is 1. The zero-order valence-electron chi connectivity index (χ0n) is 9.57. The lowest BCUT2D eigenvalue weighted by molar-refractivity contribution is -0.118. The number of nitrogens with one attached hydrogen (secondary N) is 1. The fraction of sp³-hybridized carbons (Fsp3) is 0.308. The van der Waals surface area contributed by atoms with Crippen LogP contribution in [0.3, 0.4) is 0 Å². The zero-order chi connectivity index (χ0) is 13.1. The molecule has 0 unspecified atom stereocenters. The molecule has 1 aromatic carbocycles. The van der Waals surface area contributed by atoms with Crippen LogP contribution in [0.15, 0.2) is 24.3 Å². The summed E-state index contributed by atoms with van der Waals surface area (Å²) in [6.45, 7) is 0. The third-order valence-corrected chi connectivity index (χ3v) is 3.12. The molecule has 2 N–H and O–H groups in total. The van der Waals surface area contributed by atoms with Crippen molar-refractivity contribution in [2.24, 2.45) is 0 Å². The fourth-order valence-corrected chi connectivity index (χ4v) is 1.93. The molecule has 5 heteroatoms. The maximum Gasteiger partial charge on any atom is 0.244 e. The third-order valence-electron chi connectivity index (χ3n) is 2.83. The normalized spacial score (nSPS) is 22.8. The van der Waals surface area contributed by atoms with Crippen molar-refractivity contribution < 1.29 is 14.3 Å². The van der Waals surface area contributed by atoms with E-state index in [4.69, 9.17) is 16.7 Å². The fourth-order valence-electron chi connectivity index (χ4n) is 1.74. The van der Waals surface area contributed by atoms with Crippen molar-refractivity contribution in [2.75, 3.05) is 0 Å². The van der Waals surface area contributed by atoms with E-state index in [1.54, 1.807) is 6.08 Å². The summed E-state index contributed by atoms with van der Waals surface area (Å²) < 4.78 is 12.9. The molecule has 0 radical (unpaired) electrons. The van der Waals surface area contributed by atoms with Crippen LogP contribution in [-0.4, -0.2) is 23.2 Å². The smallest absolute Gasteiger partial charge is 0.244 e. The van der Waals surface area contributed by atoms with Gasteiger partial charge in [-0.05, 0) is 36.6 Å². The number of hydrogen-bond acceptors (Lipinski definition) is 2. The lowest BCUT2D eigenvalue weighted by Gasteiger charge is -2.31. The lowest BCUT2D eigenvalue weighted by Crippen LogP contribution is -2.46. The highest BCUT2D eigenvalue weighted by Crippen LogP contribution is 2.19. The van der Waals surface area contributed by atoms with E-state index in [2.05, 4.69) is 5.32 Å². The Labute approximate surface area is 109 Å². The number of halogens is 2. The summed E-state index contributed by atoms with van der Waals surface area (Å²) >= 11 is 5.62. The van der Waals surface area contributed by atoms with Gasteiger partial charge in [-0.2, -0.15) is 0 Å². The predicted molar refractivity (Wildman–Crippen MR) is 67.6 cm³/mol. The first-order valence-corrected chi connectivity index (χ1v) is 6.04. The molecule has 2 rings (SSSR count). The zero-order valence-corrected chi connectivity index (χ0v) is 10.3. The van der Waals surface area contributed by atoms with E-state index in [-0.39, 0.29) is 23.1 Å². The molecule has 0 saturated heterocycles. The van der Waals surface area contributed by atoms with E-state index in [9.17, 15) is 9.18 Å². The van der Waals surface area contributed by atoms with Crippen LogP contribution in [0.5, 0.6) is 0 Å². The first kappa shape index (κ1) is 13.1. The first-order chi connectivity index (χ1) is 8.54. The Hall–Kier alpha value is -1.39. The number of hydrogen-bond donors (Lipinski definition) is 2. The summed E-state index contributed by atoms with van der Waals surface area (Å²) in [4.78, 5) is 11.5. The maximum absolute atomic E-state index is 12.9. The molecule has 0 spiro atoms. The van der Waals surface area contributed by atoms with Crippen LogP contribution in [0, 0.1) is 5.82 Å². The summed E-state index contributed by atoms with van der Waals surface area (Å²) in [6.07, 6.45) is 3.84. The number of benzene rings is 1. The number of aliphatic hydroxyl groups excluding tert-OH is 1. The second kappa shape index (κ2) is 5.50. The van der Waals surface area contributed by atoms with E-state index in [0.29, 0.717) is 18.4 Å². The number of rotatable bonds is 3. The molecule has 1 amide bonds. The van der Waals surface area contributed by atoms with Crippen molar-refractivity contribution in [3.63, 3.8) is 0 Å².